The molecular weight excluding hydrogens is 390 g/mol. The summed E-state index contributed by atoms with van der Waals surface area (Å²) in [4.78, 5) is 40.3. The maximum atomic E-state index is 13.1. The van der Waals surface area contributed by atoms with E-state index in [1.807, 2.05) is 65.0 Å². The van der Waals surface area contributed by atoms with Crippen LogP contribution in [-0.4, -0.2) is 40.2 Å². The maximum Gasteiger partial charge on any atom is 0.296 e. The predicted octanol–water partition coefficient (Wildman–Crippen LogP) is 4.26. The van der Waals surface area contributed by atoms with Crippen molar-refractivity contribution in [2.75, 3.05) is 18.4 Å². The van der Waals surface area contributed by atoms with Gasteiger partial charge >= 0.3 is 0 Å². The number of nitrogens with zero attached hydrogens (tertiary/aromatic N) is 2. The van der Waals surface area contributed by atoms with Crippen LogP contribution in [0.2, 0.25) is 0 Å². The number of aromatic nitrogens is 1. The Morgan fingerprint density at radius 1 is 0.968 bits per heavy atom. The van der Waals surface area contributed by atoms with Crippen molar-refractivity contribution in [1.82, 2.24) is 9.47 Å². The van der Waals surface area contributed by atoms with E-state index in [-0.39, 0.29) is 12.5 Å². The third-order valence-electron chi connectivity index (χ3n) is 5.58. The Kier molecular flexibility index (Phi) is 6.59. The van der Waals surface area contributed by atoms with Gasteiger partial charge in [0.1, 0.15) is 6.54 Å². The van der Waals surface area contributed by atoms with Gasteiger partial charge in [-0.2, -0.15) is 0 Å². The predicted molar refractivity (Wildman–Crippen MR) is 123 cm³/mol. The second-order valence-electron chi connectivity index (χ2n) is 7.81. The van der Waals surface area contributed by atoms with Gasteiger partial charge in [-0.15, -0.1) is 0 Å². The summed E-state index contributed by atoms with van der Waals surface area (Å²) in [6, 6.07) is 11.3. The fourth-order valence-corrected chi connectivity index (χ4v) is 4.05. The highest BCUT2D eigenvalue weighted by Gasteiger charge is 2.23. The zero-order valence-corrected chi connectivity index (χ0v) is 18.8. The minimum Gasteiger partial charge on any atom is -0.342 e. The van der Waals surface area contributed by atoms with Gasteiger partial charge in [-0.3, -0.25) is 14.4 Å². The van der Waals surface area contributed by atoms with E-state index in [4.69, 9.17) is 0 Å². The number of carbonyl (C=O) groups excluding carboxylic acids is 3. The number of anilines is 1. The van der Waals surface area contributed by atoms with Crippen LogP contribution in [0.4, 0.5) is 5.69 Å². The van der Waals surface area contributed by atoms with Crippen LogP contribution in [0.25, 0.3) is 10.9 Å². The molecule has 1 N–H and O–H groups in total. The van der Waals surface area contributed by atoms with Gasteiger partial charge in [0.15, 0.2) is 0 Å². The minimum atomic E-state index is -0.687. The highest BCUT2D eigenvalue weighted by Crippen LogP contribution is 2.25. The zero-order chi connectivity index (χ0) is 22.7. The molecule has 3 aromatic rings. The number of carbonyl (C=O) groups is 3. The normalized spacial score (nSPS) is 10.9. The summed E-state index contributed by atoms with van der Waals surface area (Å²) >= 11 is 0. The van der Waals surface area contributed by atoms with E-state index in [1.165, 1.54) is 0 Å². The van der Waals surface area contributed by atoms with Crippen molar-refractivity contribution in [1.29, 1.82) is 0 Å². The van der Waals surface area contributed by atoms with Gasteiger partial charge in [0.25, 0.3) is 11.7 Å². The number of amides is 2. The Hall–Kier alpha value is -3.41. The van der Waals surface area contributed by atoms with E-state index in [1.54, 1.807) is 21.7 Å². The quantitative estimate of drug-likeness (QED) is 0.460. The van der Waals surface area contributed by atoms with E-state index < -0.39 is 11.7 Å². The first-order valence-electron chi connectivity index (χ1n) is 10.6. The number of nitrogens with one attached hydrogen (secondary N) is 1. The van der Waals surface area contributed by atoms with Crippen molar-refractivity contribution in [2.45, 2.75) is 41.2 Å². The third kappa shape index (κ3) is 4.53. The molecule has 3 rings (SSSR count). The molecule has 0 aliphatic heterocycles. The average Bonchev–Trinajstić information content (AvgIpc) is 3.09. The fourth-order valence-electron chi connectivity index (χ4n) is 4.05. The molecule has 1 heterocycles. The maximum absolute atomic E-state index is 13.1. The lowest BCUT2D eigenvalue weighted by molar-refractivity contribution is -0.131. The summed E-state index contributed by atoms with van der Waals surface area (Å²) in [6.45, 7) is 11.0. The van der Waals surface area contributed by atoms with Crippen molar-refractivity contribution in [3.63, 3.8) is 0 Å². The van der Waals surface area contributed by atoms with E-state index in [9.17, 15) is 14.4 Å². The number of aryl methyl sites for hydroxylation is 3. The molecule has 0 saturated carbocycles. The molecule has 162 valence electrons. The monoisotopic (exact) mass is 419 g/mol. The SMILES string of the molecule is CCN(CC)C(=O)Cn1cc(C(=O)C(=O)Nc2c(C)cc(C)cc2C)c2ccccc21. The van der Waals surface area contributed by atoms with Gasteiger partial charge in [0.05, 0.1) is 5.56 Å². The van der Waals surface area contributed by atoms with E-state index in [0.29, 0.717) is 29.7 Å². The average molecular weight is 420 g/mol. The highest BCUT2D eigenvalue weighted by molar-refractivity contribution is 6.48. The molecule has 2 aromatic carbocycles. The molecule has 6 nitrogen and oxygen atoms in total. The molecule has 31 heavy (non-hydrogen) atoms. The van der Waals surface area contributed by atoms with Crippen molar-refractivity contribution < 1.29 is 14.4 Å². The summed E-state index contributed by atoms with van der Waals surface area (Å²) in [5, 5.41) is 3.44. The smallest absolute Gasteiger partial charge is 0.296 e. The van der Waals surface area contributed by atoms with Gasteiger partial charge in [-0.05, 0) is 51.8 Å². The van der Waals surface area contributed by atoms with Crippen molar-refractivity contribution in [3.05, 3.63) is 64.8 Å². The molecule has 0 radical (unpaired) electrons. The van der Waals surface area contributed by atoms with Crippen LogP contribution in [0.3, 0.4) is 0 Å². The highest BCUT2D eigenvalue weighted by atomic mass is 16.2. The summed E-state index contributed by atoms with van der Waals surface area (Å²) in [6.07, 6.45) is 1.61. The molecular formula is C25H29N3O3. The Morgan fingerprint density at radius 3 is 2.19 bits per heavy atom. The molecule has 0 spiro atoms. The number of likely N-dealkylation sites (N-methyl/N-ethyl adjacent to an activating group) is 1. The zero-order valence-electron chi connectivity index (χ0n) is 18.8. The van der Waals surface area contributed by atoms with Gasteiger partial charge in [0, 0.05) is 35.9 Å². The topological polar surface area (TPSA) is 71.4 Å². The summed E-state index contributed by atoms with van der Waals surface area (Å²) in [7, 11) is 0. The van der Waals surface area contributed by atoms with Crippen LogP contribution in [0.5, 0.6) is 0 Å². The number of hydrogen-bond donors (Lipinski definition) is 1. The molecule has 0 aliphatic carbocycles. The van der Waals surface area contributed by atoms with E-state index >= 15 is 0 Å². The molecule has 0 saturated heterocycles. The number of rotatable bonds is 7. The van der Waals surface area contributed by atoms with Crippen molar-refractivity contribution in [3.8, 4) is 0 Å². The Balaban J connectivity index is 1.93. The molecule has 1 aromatic heterocycles. The van der Waals surface area contributed by atoms with Crippen LogP contribution in [-0.2, 0) is 16.1 Å². The van der Waals surface area contributed by atoms with Crippen LogP contribution >= 0.6 is 0 Å². The van der Waals surface area contributed by atoms with Crippen molar-refractivity contribution in [2.24, 2.45) is 0 Å². The molecule has 0 atom stereocenters. The standard InChI is InChI=1S/C25H29N3O3/c1-6-27(7-2)22(29)15-28-14-20(19-10-8-9-11-21(19)28)24(30)25(31)26-23-17(4)12-16(3)13-18(23)5/h8-14H,6-7,15H2,1-5H3,(H,26,31). The largest absolute Gasteiger partial charge is 0.342 e. The second kappa shape index (κ2) is 9.16. The first kappa shape index (κ1) is 22.3. The third-order valence-corrected chi connectivity index (χ3v) is 5.58. The second-order valence-corrected chi connectivity index (χ2v) is 7.81. The molecule has 2 amide bonds. The Morgan fingerprint density at radius 2 is 1.58 bits per heavy atom. The Bertz CT molecular complexity index is 1130. The van der Waals surface area contributed by atoms with Gasteiger partial charge in [-0.25, -0.2) is 0 Å². The molecule has 0 unspecified atom stereocenters. The van der Waals surface area contributed by atoms with Crippen LogP contribution in [0, 0.1) is 20.8 Å². The van der Waals surface area contributed by atoms with Gasteiger partial charge in [0.2, 0.25) is 5.91 Å². The van der Waals surface area contributed by atoms with E-state index in [2.05, 4.69) is 5.32 Å². The number of benzene rings is 2. The molecule has 0 fully saturated rings. The number of fused-ring (bicyclic) bond motifs is 1. The van der Waals surface area contributed by atoms with E-state index in [0.717, 1.165) is 22.2 Å². The van der Waals surface area contributed by atoms with Gasteiger partial charge in [-0.1, -0.05) is 35.9 Å². The molecule has 0 bridgehead atoms. The molecule has 6 heteroatoms. The number of hydrogen-bond acceptors (Lipinski definition) is 3. The van der Waals surface area contributed by atoms with Crippen LogP contribution < -0.4 is 5.32 Å². The first-order valence-corrected chi connectivity index (χ1v) is 10.6. The lowest BCUT2D eigenvalue weighted by atomic mass is 10.0. The number of Topliss-reactive ketones (excluding diaryl/α,β-unsaturated/α-hetero) is 1. The van der Waals surface area contributed by atoms with Crippen LogP contribution in [0.1, 0.15) is 40.9 Å². The summed E-state index contributed by atoms with van der Waals surface area (Å²) in [5.74, 6) is -1.34. The lowest BCUT2D eigenvalue weighted by Gasteiger charge is -2.19. The van der Waals surface area contributed by atoms with Crippen LogP contribution in [0.15, 0.2) is 42.6 Å². The fraction of sp³-hybridized carbons (Fsp3) is 0.320. The summed E-state index contributed by atoms with van der Waals surface area (Å²) in [5.41, 5.74) is 4.62. The van der Waals surface area contributed by atoms with Gasteiger partial charge < -0.3 is 14.8 Å². The summed E-state index contributed by atoms with van der Waals surface area (Å²) < 4.78 is 1.75. The number of para-hydroxylation sites is 1. The first-order chi connectivity index (χ1) is 14.8. The molecule has 0 aliphatic rings. The lowest BCUT2D eigenvalue weighted by Crippen LogP contribution is -2.33. The number of ketones is 1. The van der Waals surface area contributed by atoms with Crippen molar-refractivity contribution >= 4 is 34.2 Å². The Labute approximate surface area is 182 Å². The minimum absolute atomic E-state index is 0.0277.